The molecule has 0 unspecified atom stereocenters. The predicted molar refractivity (Wildman–Crippen MR) is 99.1 cm³/mol. The average molecular weight is 337 g/mol. The molecule has 2 rings (SSSR count). The van der Waals surface area contributed by atoms with Gasteiger partial charge in [-0.3, -0.25) is 4.79 Å². The molecule has 0 radical (unpaired) electrons. The summed E-state index contributed by atoms with van der Waals surface area (Å²) in [4.78, 5) is 16.1. The molecule has 0 aliphatic heterocycles. The Balaban J connectivity index is 1.83. The summed E-state index contributed by atoms with van der Waals surface area (Å²) in [6.07, 6.45) is 4.18. The SMILES string of the molecule is CCC#CCCCOc1cccc(CNC(=O)c2cccnc2N)c1. The molecular weight excluding hydrogens is 314 g/mol. The van der Waals surface area contributed by atoms with Crippen molar-refractivity contribution in [3.05, 3.63) is 53.7 Å². The lowest BCUT2D eigenvalue weighted by Crippen LogP contribution is -2.24. The Morgan fingerprint density at radius 1 is 1.28 bits per heavy atom. The molecule has 0 spiro atoms. The number of nitrogen functional groups attached to an aromatic ring is 1. The number of carbonyl (C=O) groups is 1. The van der Waals surface area contributed by atoms with Crippen LogP contribution in [0.2, 0.25) is 0 Å². The van der Waals surface area contributed by atoms with Gasteiger partial charge in [0.1, 0.15) is 11.6 Å². The van der Waals surface area contributed by atoms with E-state index in [0.29, 0.717) is 18.7 Å². The number of aromatic nitrogens is 1. The number of carbonyl (C=O) groups excluding carboxylic acids is 1. The second-order valence-electron chi connectivity index (χ2n) is 5.43. The smallest absolute Gasteiger partial charge is 0.255 e. The van der Waals surface area contributed by atoms with E-state index in [1.165, 1.54) is 0 Å². The van der Waals surface area contributed by atoms with Crippen LogP contribution in [0.25, 0.3) is 0 Å². The molecule has 130 valence electrons. The molecule has 5 nitrogen and oxygen atoms in total. The van der Waals surface area contributed by atoms with E-state index >= 15 is 0 Å². The monoisotopic (exact) mass is 337 g/mol. The van der Waals surface area contributed by atoms with Crippen molar-refractivity contribution >= 4 is 11.7 Å². The van der Waals surface area contributed by atoms with Crippen molar-refractivity contribution in [3.8, 4) is 17.6 Å². The van der Waals surface area contributed by atoms with Crippen LogP contribution >= 0.6 is 0 Å². The van der Waals surface area contributed by atoms with Crippen molar-refractivity contribution < 1.29 is 9.53 Å². The third-order valence-electron chi connectivity index (χ3n) is 3.45. The number of amides is 1. The molecule has 1 aromatic carbocycles. The lowest BCUT2D eigenvalue weighted by molar-refractivity contribution is 0.0951. The van der Waals surface area contributed by atoms with E-state index in [2.05, 4.69) is 22.1 Å². The number of nitrogens with one attached hydrogen (secondary N) is 1. The van der Waals surface area contributed by atoms with Gasteiger partial charge >= 0.3 is 0 Å². The summed E-state index contributed by atoms with van der Waals surface area (Å²) >= 11 is 0. The summed E-state index contributed by atoms with van der Waals surface area (Å²) in [5.41, 5.74) is 7.05. The van der Waals surface area contributed by atoms with E-state index in [-0.39, 0.29) is 11.7 Å². The Morgan fingerprint density at radius 2 is 2.16 bits per heavy atom. The van der Waals surface area contributed by atoms with Crippen molar-refractivity contribution in [2.24, 2.45) is 0 Å². The minimum atomic E-state index is -0.244. The minimum absolute atomic E-state index is 0.225. The number of benzene rings is 1. The van der Waals surface area contributed by atoms with Gasteiger partial charge in [0.25, 0.3) is 5.91 Å². The van der Waals surface area contributed by atoms with Crippen LogP contribution < -0.4 is 15.8 Å². The van der Waals surface area contributed by atoms with Gasteiger partial charge < -0.3 is 15.8 Å². The van der Waals surface area contributed by atoms with E-state index in [4.69, 9.17) is 10.5 Å². The molecule has 1 aromatic heterocycles. The summed E-state index contributed by atoms with van der Waals surface area (Å²) < 4.78 is 5.73. The number of nitrogens with zero attached hydrogens (tertiary/aromatic N) is 1. The molecule has 0 fully saturated rings. The first-order valence-electron chi connectivity index (χ1n) is 8.37. The van der Waals surface area contributed by atoms with E-state index in [1.54, 1.807) is 18.3 Å². The third kappa shape index (κ3) is 6.19. The minimum Gasteiger partial charge on any atom is -0.494 e. The quantitative estimate of drug-likeness (QED) is 0.601. The summed E-state index contributed by atoms with van der Waals surface area (Å²) in [7, 11) is 0. The Labute approximate surface area is 148 Å². The Bertz CT molecular complexity index is 763. The van der Waals surface area contributed by atoms with Gasteiger partial charge in [0.05, 0.1) is 12.2 Å². The molecule has 5 heteroatoms. The molecule has 0 saturated heterocycles. The molecule has 1 amide bonds. The van der Waals surface area contributed by atoms with Gasteiger partial charge in [0.2, 0.25) is 0 Å². The van der Waals surface area contributed by atoms with Gasteiger partial charge in [-0.2, -0.15) is 0 Å². The molecule has 0 bridgehead atoms. The fourth-order valence-electron chi connectivity index (χ4n) is 2.20. The molecule has 1 heterocycles. The summed E-state index contributed by atoms with van der Waals surface area (Å²) in [5.74, 6) is 6.90. The lowest BCUT2D eigenvalue weighted by atomic mass is 10.2. The standard InChI is InChI=1S/C20H23N3O2/c1-2-3-4-5-6-13-25-17-10-7-9-16(14-17)15-23-20(24)18-11-8-12-22-19(18)21/h7-12,14H,2,5-6,13,15H2,1H3,(H2,21,22)(H,23,24). The topological polar surface area (TPSA) is 77.2 Å². The summed E-state index contributed by atoms with van der Waals surface area (Å²) in [5, 5.41) is 2.84. The lowest BCUT2D eigenvalue weighted by Gasteiger charge is -2.09. The van der Waals surface area contributed by atoms with Crippen LogP contribution in [0.5, 0.6) is 5.75 Å². The van der Waals surface area contributed by atoms with Gasteiger partial charge in [-0.1, -0.05) is 19.1 Å². The predicted octanol–water partition coefficient (Wildman–Crippen LogP) is 3.17. The maximum absolute atomic E-state index is 12.1. The summed E-state index contributed by atoms with van der Waals surface area (Å²) in [6.45, 7) is 3.06. The first-order valence-corrected chi connectivity index (χ1v) is 8.37. The van der Waals surface area contributed by atoms with Crippen molar-refractivity contribution in [2.75, 3.05) is 12.3 Å². The molecule has 0 aliphatic rings. The second-order valence-corrected chi connectivity index (χ2v) is 5.43. The second kappa shape index (κ2) is 9.99. The Morgan fingerprint density at radius 3 is 2.96 bits per heavy atom. The number of hydrogen-bond acceptors (Lipinski definition) is 4. The van der Waals surface area contributed by atoms with Gasteiger partial charge in [0.15, 0.2) is 0 Å². The Hall–Kier alpha value is -3.00. The van der Waals surface area contributed by atoms with Crippen LogP contribution in [0.3, 0.4) is 0 Å². The fourth-order valence-corrected chi connectivity index (χ4v) is 2.20. The molecule has 0 saturated carbocycles. The third-order valence-corrected chi connectivity index (χ3v) is 3.45. The zero-order chi connectivity index (χ0) is 17.9. The van der Waals surface area contributed by atoms with Crippen molar-refractivity contribution in [1.82, 2.24) is 10.3 Å². The first-order chi connectivity index (χ1) is 12.2. The fraction of sp³-hybridized carbons (Fsp3) is 0.300. The van der Waals surface area contributed by atoms with Crippen LogP contribution in [0, 0.1) is 11.8 Å². The van der Waals surface area contributed by atoms with Gasteiger partial charge in [-0.05, 0) is 36.2 Å². The highest BCUT2D eigenvalue weighted by molar-refractivity contribution is 5.98. The number of rotatable bonds is 7. The van der Waals surface area contributed by atoms with Gasteiger partial charge in [-0.15, -0.1) is 11.8 Å². The Kier molecular flexibility index (Phi) is 7.33. The largest absolute Gasteiger partial charge is 0.494 e. The zero-order valence-electron chi connectivity index (χ0n) is 14.4. The first kappa shape index (κ1) is 18.3. The molecule has 0 aliphatic carbocycles. The van der Waals surface area contributed by atoms with Crippen molar-refractivity contribution in [3.63, 3.8) is 0 Å². The van der Waals surface area contributed by atoms with Crippen LogP contribution in [0.4, 0.5) is 5.82 Å². The van der Waals surface area contributed by atoms with Crippen LogP contribution in [-0.4, -0.2) is 17.5 Å². The van der Waals surface area contributed by atoms with Crippen LogP contribution in [-0.2, 0) is 6.54 Å². The maximum atomic E-state index is 12.1. The van der Waals surface area contributed by atoms with E-state index in [9.17, 15) is 4.79 Å². The zero-order valence-corrected chi connectivity index (χ0v) is 14.4. The highest BCUT2D eigenvalue weighted by atomic mass is 16.5. The van der Waals surface area contributed by atoms with Crippen LogP contribution in [0.1, 0.15) is 42.1 Å². The van der Waals surface area contributed by atoms with Gasteiger partial charge in [0, 0.05) is 25.6 Å². The normalized spacial score (nSPS) is 9.80. The van der Waals surface area contributed by atoms with E-state index in [1.807, 2.05) is 31.2 Å². The van der Waals surface area contributed by atoms with E-state index in [0.717, 1.165) is 30.6 Å². The molecule has 0 atom stereocenters. The maximum Gasteiger partial charge on any atom is 0.255 e. The van der Waals surface area contributed by atoms with E-state index < -0.39 is 0 Å². The number of nitrogens with two attached hydrogens (primary N) is 1. The summed E-state index contributed by atoms with van der Waals surface area (Å²) in [6, 6.07) is 11.0. The number of unbranched alkanes of at least 4 members (excludes halogenated alkanes) is 1. The van der Waals surface area contributed by atoms with Crippen LogP contribution in [0.15, 0.2) is 42.6 Å². The molecule has 3 N–H and O–H groups in total. The highest BCUT2D eigenvalue weighted by Gasteiger charge is 2.09. The molecule has 25 heavy (non-hydrogen) atoms. The number of anilines is 1. The number of ether oxygens (including phenoxy) is 1. The number of hydrogen-bond donors (Lipinski definition) is 2. The van der Waals surface area contributed by atoms with Crippen molar-refractivity contribution in [2.45, 2.75) is 32.7 Å². The molecular formula is C20H23N3O2. The average Bonchev–Trinajstić information content (AvgIpc) is 2.63. The van der Waals surface area contributed by atoms with Gasteiger partial charge in [-0.25, -0.2) is 4.98 Å². The number of pyridine rings is 1. The molecule has 2 aromatic rings. The highest BCUT2D eigenvalue weighted by Crippen LogP contribution is 2.14. The van der Waals surface area contributed by atoms with Crippen molar-refractivity contribution in [1.29, 1.82) is 0 Å².